The van der Waals surface area contributed by atoms with E-state index in [-0.39, 0.29) is 0 Å². The van der Waals surface area contributed by atoms with E-state index in [1.165, 1.54) is 11.1 Å². The zero-order valence-corrected chi connectivity index (χ0v) is 7.76. The van der Waals surface area contributed by atoms with Crippen molar-refractivity contribution in [2.24, 2.45) is 10.9 Å². The fourth-order valence-corrected chi connectivity index (χ4v) is 1.29. The van der Waals surface area contributed by atoms with Gasteiger partial charge in [-0.3, -0.25) is 0 Å². The molecule has 1 aromatic rings. The van der Waals surface area contributed by atoms with E-state index in [1.54, 1.807) is 0 Å². The number of hydrazone groups is 1. The van der Waals surface area contributed by atoms with Crippen LogP contribution < -0.4 is 5.84 Å². The van der Waals surface area contributed by atoms with Crippen molar-refractivity contribution in [3.8, 4) is 0 Å². The molecule has 0 saturated heterocycles. The van der Waals surface area contributed by atoms with Gasteiger partial charge in [-0.2, -0.15) is 5.10 Å². The third kappa shape index (κ3) is 1.64. The molecule has 0 bridgehead atoms. The summed E-state index contributed by atoms with van der Waals surface area (Å²) in [6.07, 6.45) is 0. The lowest BCUT2D eigenvalue weighted by molar-refractivity contribution is 1.23. The first-order valence-corrected chi connectivity index (χ1v) is 3.97. The highest BCUT2D eigenvalue weighted by molar-refractivity contribution is 5.99. The van der Waals surface area contributed by atoms with Gasteiger partial charge in [-0.05, 0) is 26.3 Å². The summed E-state index contributed by atoms with van der Waals surface area (Å²) in [4.78, 5) is 0. The van der Waals surface area contributed by atoms with E-state index < -0.39 is 0 Å². The number of nitrogens with zero attached hydrogens (tertiary/aromatic N) is 1. The summed E-state index contributed by atoms with van der Waals surface area (Å²) in [5, 5.41) is 3.67. The highest BCUT2D eigenvalue weighted by Gasteiger charge is 2.00. The molecule has 64 valence electrons. The Bertz CT molecular complexity index is 314. The Kier molecular flexibility index (Phi) is 2.48. The van der Waals surface area contributed by atoms with Crippen LogP contribution in [0.2, 0.25) is 0 Å². The van der Waals surface area contributed by atoms with Crippen molar-refractivity contribution in [1.82, 2.24) is 0 Å². The van der Waals surface area contributed by atoms with Crippen LogP contribution in [-0.2, 0) is 0 Å². The van der Waals surface area contributed by atoms with Crippen LogP contribution in [0.4, 0.5) is 0 Å². The molecule has 0 saturated carbocycles. The van der Waals surface area contributed by atoms with Crippen LogP contribution in [0, 0.1) is 13.8 Å². The molecule has 0 atom stereocenters. The second-order valence-corrected chi connectivity index (χ2v) is 3.03. The molecule has 12 heavy (non-hydrogen) atoms. The van der Waals surface area contributed by atoms with Crippen molar-refractivity contribution in [2.75, 3.05) is 0 Å². The van der Waals surface area contributed by atoms with Gasteiger partial charge in [-0.1, -0.05) is 23.8 Å². The molecule has 2 heteroatoms. The van der Waals surface area contributed by atoms with Crippen LogP contribution in [0.15, 0.2) is 23.3 Å². The molecule has 0 aliphatic rings. The quantitative estimate of drug-likeness (QED) is 0.383. The largest absolute Gasteiger partial charge is 0.323 e. The Balaban J connectivity index is 3.18. The van der Waals surface area contributed by atoms with Gasteiger partial charge in [-0.15, -0.1) is 0 Å². The van der Waals surface area contributed by atoms with E-state index >= 15 is 0 Å². The summed E-state index contributed by atoms with van der Waals surface area (Å²) >= 11 is 0. The Morgan fingerprint density at radius 1 is 1.33 bits per heavy atom. The highest BCUT2D eigenvalue weighted by Crippen LogP contribution is 2.10. The van der Waals surface area contributed by atoms with Crippen LogP contribution in [0.25, 0.3) is 0 Å². The molecule has 2 nitrogen and oxygen atoms in total. The van der Waals surface area contributed by atoms with Gasteiger partial charge in [0.1, 0.15) is 0 Å². The lowest BCUT2D eigenvalue weighted by atomic mass is 10.0. The smallest absolute Gasteiger partial charge is 0.0644 e. The third-order valence-electron chi connectivity index (χ3n) is 1.97. The molecule has 2 N–H and O–H groups in total. The molecule has 0 aromatic heterocycles. The summed E-state index contributed by atoms with van der Waals surface area (Å²) < 4.78 is 0. The topological polar surface area (TPSA) is 38.4 Å². The summed E-state index contributed by atoms with van der Waals surface area (Å²) in [5.74, 6) is 5.20. The van der Waals surface area contributed by atoms with Gasteiger partial charge in [0.25, 0.3) is 0 Å². The standard InChI is InChI=1S/C10H14N2/c1-7-4-5-10(8(2)6-7)9(3)12-11/h4-6H,11H2,1-3H3/b12-9+. The van der Waals surface area contributed by atoms with E-state index in [1.807, 2.05) is 6.92 Å². The predicted octanol–water partition coefficient (Wildman–Crippen LogP) is 1.99. The number of rotatable bonds is 1. The van der Waals surface area contributed by atoms with Crippen LogP contribution in [0.1, 0.15) is 23.6 Å². The Hall–Kier alpha value is -1.31. The highest BCUT2D eigenvalue weighted by atomic mass is 15.1. The van der Waals surface area contributed by atoms with Crippen LogP contribution in [0.5, 0.6) is 0 Å². The van der Waals surface area contributed by atoms with Crippen molar-refractivity contribution in [2.45, 2.75) is 20.8 Å². The lowest BCUT2D eigenvalue weighted by Crippen LogP contribution is -2.01. The fraction of sp³-hybridized carbons (Fsp3) is 0.300. The number of hydrogen-bond acceptors (Lipinski definition) is 2. The molecule has 0 amide bonds. The lowest BCUT2D eigenvalue weighted by Gasteiger charge is -2.04. The molecular formula is C10H14N2. The van der Waals surface area contributed by atoms with Gasteiger partial charge in [0, 0.05) is 5.56 Å². The molecule has 0 unspecified atom stereocenters. The minimum absolute atomic E-state index is 0.882. The first-order chi connectivity index (χ1) is 5.65. The zero-order chi connectivity index (χ0) is 9.14. The molecule has 0 aliphatic carbocycles. The molecule has 0 heterocycles. The number of benzene rings is 1. The van der Waals surface area contributed by atoms with Crippen molar-refractivity contribution < 1.29 is 0 Å². The second kappa shape index (κ2) is 3.39. The average molecular weight is 162 g/mol. The minimum Gasteiger partial charge on any atom is -0.323 e. The van der Waals surface area contributed by atoms with Gasteiger partial charge < -0.3 is 5.84 Å². The molecule has 0 fully saturated rings. The summed E-state index contributed by atoms with van der Waals surface area (Å²) in [5.41, 5.74) is 4.50. The Labute approximate surface area is 73.1 Å². The molecule has 1 rings (SSSR count). The SMILES string of the molecule is C/C(=N\N)c1ccc(C)cc1C. The Morgan fingerprint density at radius 3 is 2.50 bits per heavy atom. The van der Waals surface area contributed by atoms with E-state index in [9.17, 15) is 0 Å². The summed E-state index contributed by atoms with van der Waals surface area (Å²) in [6.45, 7) is 6.06. The van der Waals surface area contributed by atoms with Crippen molar-refractivity contribution >= 4 is 5.71 Å². The maximum absolute atomic E-state index is 5.20. The molecular weight excluding hydrogens is 148 g/mol. The predicted molar refractivity (Wildman–Crippen MR) is 52.3 cm³/mol. The van der Waals surface area contributed by atoms with Gasteiger partial charge >= 0.3 is 0 Å². The first-order valence-electron chi connectivity index (χ1n) is 3.97. The summed E-state index contributed by atoms with van der Waals surface area (Å²) in [7, 11) is 0. The van der Waals surface area contributed by atoms with Crippen LogP contribution in [0.3, 0.4) is 0 Å². The van der Waals surface area contributed by atoms with Crippen molar-refractivity contribution in [3.63, 3.8) is 0 Å². The van der Waals surface area contributed by atoms with Crippen LogP contribution in [-0.4, -0.2) is 5.71 Å². The van der Waals surface area contributed by atoms with Crippen LogP contribution >= 0.6 is 0 Å². The number of aryl methyl sites for hydroxylation is 2. The minimum atomic E-state index is 0.882. The van der Waals surface area contributed by atoms with Crippen molar-refractivity contribution in [3.05, 3.63) is 34.9 Å². The van der Waals surface area contributed by atoms with Gasteiger partial charge in [0.2, 0.25) is 0 Å². The average Bonchev–Trinajstić information content (AvgIpc) is 2.03. The molecule has 0 spiro atoms. The molecule has 0 aliphatic heterocycles. The zero-order valence-electron chi connectivity index (χ0n) is 7.76. The Morgan fingerprint density at radius 2 is 2.00 bits per heavy atom. The second-order valence-electron chi connectivity index (χ2n) is 3.03. The first kappa shape index (κ1) is 8.78. The monoisotopic (exact) mass is 162 g/mol. The maximum Gasteiger partial charge on any atom is 0.0644 e. The molecule has 0 radical (unpaired) electrons. The van der Waals surface area contributed by atoms with E-state index in [2.05, 4.69) is 37.1 Å². The summed E-state index contributed by atoms with van der Waals surface area (Å²) in [6, 6.07) is 6.25. The fourth-order valence-electron chi connectivity index (χ4n) is 1.29. The maximum atomic E-state index is 5.20. The van der Waals surface area contributed by atoms with Crippen molar-refractivity contribution in [1.29, 1.82) is 0 Å². The number of hydrogen-bond donors (Lipinski definition) is 1. The van der Waals surface area contributed by atoms with Gasteiger partial charge in [0.05, 0.1) is 5.71 Å². The van der Waals surface area contributed by atoms with Gasteiger partial charge in [-0.25, -0.2) is 0 Å². The van der Waals surface area contributed by atoms with E-state index in [4.69, 9.17) is 5.84 Å². The van der Waals surface area contributed by atoms with Gasteiger partial charge in [0.15, 0.2) is 0 Å². The molecule has 1 aromatic carbocycles. The normalized spacial score (nSPS) is 11.8. The van der Waals surface area contributed by atoms with E-state index in [0.29, 0.717) is 0 Å². The van der Waals surface area contributed by atoms with E-state index in [0.717, 1.165) is 11.3 Å². The number of nitrogens with two attached hydrogens (primary N) is 1. The third-order valence-corrected chi connectivity index (χ3v) is 1.97.